The molecule has 0 bridgehead atoms. The number of anilines is 2. The van der Waals surface area contributed by atoms with Crippen molar-refractivity contribution in [3.63, 3.8) is 0 Å². The molecule has 6 heteroatoms. The van der Waals surface area contributed by atoms with Gasteiger partial charge >= 0.3 is 0 Å². The molecule has 0 atom stereocenters. The number of aromatic nitrogens is 2. The molecule has 2 fully saturated rings. The summed E-state index contributed by atoms with van der Waals surface area (Å²) in [5.74, 6) is 0.834. The molecule has 2 aliphatic rings. The van der Waals surface area contributed by atoms with Crippen LogP contribution in [0.25, 0.3) is 10.4 Å². The summed E-state index contributed by atoms with van der Waals surface area (Å²) in [7, 11) is 0. The lowest BCUT2D eigenvalue weighted by molar-refractivity contribution is 0.693. The number of thiazole rings is 1. The lowest BCUT2D eigenvalue weighted by Gasteiger charge is -2.17. The summed E-state index contributed by atoms with van der Waals surface area (Å²) in [6.45, 7) is 4.23. The molecule has 1 aliphatic carbocycles. The Morgan fingerprint density at radius 2 is 1.96 bits per heavy atom. The molecule has 2 N–H and O–H groups in total. The second kappa shape index (κ2) is 6.64. The van der Waals surface area contributed by atoms with Gasteiger partial charge in [-0.3, -0.25) is 0 Å². The third-order valence-electron chi connectivity index (χ3n) is 5.48. The summed E-state index contributed by atoms with van der Waals surface area (Å²) in [4.78, 5) is 12.6. The molecule has 3 heterocycles. The largest absolute Gasteiger partial charge is 0.383 e. The maximum atomic E-state index is 9.66. The Balaban J connectivity index is 1.81. The van der Waals surface area contributed by atoms with Crippen LogP contribution in [0.5, 0.6) is 0 Å². The van der Waals surface area contributed by atoms with Crippen LogP contribution in [0.15, 0.2) is 6.20 Å². The maximum absolute atomic E-state index is 9.66. The molecule has 0 unspecified atom stereocenters. The van der Waals surface area contributed by atoms with Crippen LogP contribution in [0.1, 0.15) is 61.3 Å². The Hall–Kier alpha value is -2.13. The number of nitriles is 1. The van der Waals surface area contributed by atoms with E-state index >= 15 is 0 Å². The van der Waals surface area contributed by atoms with Gasteiger partial charge in [0.25, 0.3) is 0 Å². The smallest absolute Gasteiger partial charge is 0.185 e. The molecular weight excluding hydrogens is 330 g/mol. The third-order valence-corrected chi connectivity index (χ3v) is 6.55. The molecule has 130 valence electrons. The van der Waals surface area contributed by atoms with Crippen molar-refractivity contribution in [1.82, 2.24) is 9.97 Å². The van der Waals surface area contributed by atoms with Crippen molar-refractivity contribution >= 4 is 22.3 Å². The molecule has 0 radical (unpaired) electrons. The number of hydrogen-bond donors (Lipinski definition) is 1. The number of hydrogen-bond acceptors (Lipinski definition) is 6. The van der Waals surface area contributed by atoms with Crippen LogP contribution >= 0.6 is 11.3 Å². The van der Waals surface area contributed by atoms with Gasteiger partial charge in [-0.15, -0.1) is 0 Å². The average Bonchev–Trinajstić information content (AvgIpc) is 3.37. The van der Waals surface area contributed by atoms with Crippen molar-refractivity contribution in [3.05, 3.63) is 23.0 Å². The third kappa shape index (κ3) is 2.87. The van der Waals surface area contributed by atoms with Gasteiger partial charge in [-0.25, -0.2) is 9.97 Å². The zero-order valence-corrected chi connectivity index (χ0v) is 15.4. The quantitative estimate of drug-likeness (QED) is 0.893. The predicted molar refractivity (Wildman–Crippen MR) is 102 cm³/mol. The van der Waals surface area contributed by atoms with Gasteiger partial charge in [0, 0.05) is 36.5 Å². The number of rotatable bonds is 3. The first-order valence-corrected chi connectivity index (χ1v) is 9.92. The van der Waals surface area contributed by atoms with Crippen molar-refractivity contribution in [2.45, 2.75) is 51.4 Å². The van der Waals surface area contributed by atoms with Gasteiger partial charge in [0.1, 0.15) is 17.5 Å². The van der Waals surface area contributed by atoms with Gasteiger partial charge in [-0.05, 0) is 38.2 Å². The molecule has 0 spiro atoms. The van der Waals surface area contributed by atoms with Crippen molar-refractivity contribution in [1.29, 1.82) is 5.26 Å². The minimum absolute atomic E-state index is 0.362. The highest BCUT2D eigenvalue weighted by Gasteiger charge is 2.26. The summed E-state index contributed by atoms with van der Waals surface area (Å²) in [5.41, 5.74) is 9.81. The van der Waals surface area contributed by atoms with Crippen molar-refractivity contribution in [2.24, 2.45) is 0 Å². The van der Waals surface area contributed by atoms with E-state index in [4.69, 9.17) is 5.73 Å². The molecule has 1 saturated heterocycles. The molecule has 4 rings (SSSR count). The van der Waals surface area contributed by atoms with Gasteiger partial charge in [0.15, 0.2) is 5.13 Å². The van der Waals surface area contributed by atoms with E-state index in [2.05, 4.69) is 27.9 Å². The summed E-state index contributed by atoms with van der Waals surface area (Å²) < 4.78 is 0. The van der Waals surface area contributed by atoms with Crippen LogP contribution in [0, 0.1) is 18.3 Å². The molecule has 1 saturated carbocycles. The van der Waals surface area contributed by atoms with E-state index in [1.54, 1.807) is 11.3 Å². The molecule has 5 nitrogen and oxygen atoms in total. The van der Waals surface area contributed by atoms with E-state index in [9.17, 15) is 5.26 Å². The highest BCUT2D eigenvalue weighted by Crippen LogP contribution is 2.42. The molecule has 1 aliphatic heterocycles. The van der Waals surface area contributed by atoms with Gasteiger partial charge in [-0.2, -0.15) is 5.26 Å². The number of nitrogen functional groups attached to an aromatic ring is 1. The van der Waals surface area contributed by atoms with Crippen LogP contribution < -0.4 is 10.6 Å². The molecule has 0 amide bonds. The van der Waals surface area contributed by atoms with E-state index < -0.39 is 0 Å². The Morgan fingerprint density at radius 1 is 1.24 bits per heavy atom. The zero-order valence-electron chi connectivity index (χ0n) is 14.6. The topological polar surface area (TPSA) is 78.8 Å². The van der Waals surface area contributed by atoms with E-state index in [1.165, 1.54) is 38.5 Å². The normalized spacial score (nSPS) is 18.0. The standard InChI is InChI=1S/C19H23N5S/c1-12-16(15-11-22-19(25-15)24-8-4-5-9-24)14(10-20)18(21)23-17(12)13-6-2-3-7-13/h11,13H,2-9H2,1H3,(H2,21,23). The second-order valence-corrected chi connectivity index (χ2v) is 8.06. The van der Waals surface area contributed by atoms with E-state index in [0.29, 0.717) is 17.3 Å². The van der Waals surface area contributed by atoms with Crippen LogP contribution in [-0.2, 0) is 0 Å². The first kappa shape index (κ1) is 16.3. The lowest BCUT2D eigenvalue weighted by Crippen LogP contribution is -2.16. The molecule has 25 heavy (non-hydrogen) atoms. The Labute approximate surface area is 152 Å². The summed E-state index contributed by atoms with van der Waals surface area (Å²) >= 11 is 1.67. The van der Waals surface area contributed by atoms with Crippen LogP contribution in [0.2, 0.25) is 0 Å². The monoisotopic (exact) mass is 353 g/mol. The summed E-state index contributed by atoms with van der Waals surface area (Å²) in [6.07, 6.45) is 9.19. The summed E-state index contributed by atoms with van der Waals surface area (Å²) in [6, 6.07) is 2.28. The van der Waals surface area contributed by atoms with Crippen LogP contribution in [-0.4, -0.2) is 23.1 Å². The van der Waals surface area contributed by atoms with Gasteiger partial charge in [0.2, 0.25) is 0 Å². The lowest BCUT2D eigenvalue weighted by atomic mass is 9.93. The van der Waals surface area contributed by atoms with Gasteiger partial charge < -0.3 is 10.6 Å². The molecule has 2 aromatic rings. The fourth-order valence-electron chi connectivity index (χ4n) is 4.17. The van der Waals surface area contributed by atoms with Crippen LogP contribution in [0.3, 0.4) is 0 Å². The molecular formula is C19H23N5S. The Morgan fingerprint density at radius 3 is 2.64 bits per heavy atom. The Bertz CT molecular complexity index is 823. The number of pyridine rings is 1. The highest BCUT2D eigenvalue weighted by atomic mass is 32.1. The highest BCUT2D eigenvalue weighted by molar-refractivity contribution is 7.19. The van der Waals surface area contributed by atoms with Crippen molar-refractivity contribution in [3.8, 4) is 16.5 Å². The number of nitrogens with zero attached hydrogens (tertiary/aromatic N) is 4. The maximum Gasteiger partial charge on any atom is 0.185 e. The number of nitrogens with two attached hydrogens (primary N) is 1. The minimum Gasteiger partial charge on any atom is -0.383 e. The Kier molecular flexibility index (Phi) is 4.34. The van der Waals surface area contributed by atoms with Gasteiger partial charge in [0.05, 0.1) is 4.88 Å². The van der Waals surface area contributed by atoms with Crippen LogP contribution in [0.4, 0.5) is 10.9 Å². The van der Waals surface area contributed by atoms with E-state index in [-0.39, 0.29) is 0 Å². The first-order valence-electron chi connectivity index (χ1n) is 9.10. The van der Waals surface area contributed by atoms with Gasteiger partial charge in [-0.1, -0.05) is 24.2 Å². The average molecular weight is 353 g/mol. The molecule has 0 aromatic carbocycles. The fourth-order valence-corrected chi connectivity index (χ4v) is 5.24. The summed E-state index contributed by atoms with van der Waals surface area (Å²) in [5, 5.41) is 10.7. The van der Waals surface area contributed by atoms with Crippen molar-refractivity contribution in [2.75, 3.05) is 23.7 Å². The predicted octanol–water partition coefficient (Wildman–Crippen LogP) is 4.23. The van der Waals surface area contributed by atoms with E-state index in [1.807, 2.05) is 6.20 Å². The molecule has 2 aromatic heterocycles. The minimum atomic E-state index is 0.362. The second-order valence-electron chi connectivity index (χ2n) is 7.05. The SMILES string of the molecule is Cc1c(C2CCCC2)nc(N)c(C#N)c1-c1cnc(N2CCCC2)s1. The van der Waals surface area contributed by atoms with E-state index in [0.717, 1.165) is 39.9 Å². The van der Waals surface area contributed by atoms with Crippen molar-refractivity contribution < 1.29 is 0 Å². The first-order chi connectivity index (χ1) is 12.2. The zero-order chi connectivity index (χ0) is 17.4. The fraction of sp³-hybridized carbons (Fsp3) is 0.526.